The van der Waals surface area contributed by atoms with E-state index >= 15 is 0 Å². The molecule has 0 spiro atoms. The lowest BCUT2D eigenvalue weighted by Crippen LogP contribution is -2.43. The Morgan fingerprint density at radius 2 is 1.93 bits per heavy atom. The molecule has 0 aromatic carbocycles. The summed E-state index contributed by atoms with van der Waals surface area (Å²) in [7, 11) is 0. The standard InChI is InChI=1S/C27H32N8O5/c36-20-21(37)27(40-22(20)26(38)33-15-7-8-15)35-14-32-19-23(30-13-31-25(19)35)28-10-9-16-12-29-24-18(6-3-11-34(16)24)39-17-4-1-2-5-17/h3,6,11-15,17,20-22,27,36-37H,1-2,4-5,7-10H2,(H,33,38)(H,28,30,31). The van der Waals surface area contributed by atoms with Gasteiger partial charge in [0, 0.05) is 37.1 Å². The van der Waals surface area contributed by atoms with Crippen molar-refractivity contribution < 1.29 is 24.5 Å². The molecule has 7 rings (SSSR count). The third-order valence-corrected chi connectivity index (χ3v) is 7.90. The summed E-state index contributed by atoms with van der Waals surface area (Å²) in [5.74, 6) is 0.909. The van der Waals surface area contributed by atoms with Gasteiger partial charge in [0.15, 0.2) is 40.7 Å². The zero-order valence-corrected chi connectivity index (χ0v) is 21.9. The average molecular weight is 549 g/mol. The van der Waals surface area contributed by atoms with Crippen LogP contribution in [0.3, 0.4) is 0 Å². The zero-order chi connectivity index (χ0) is 27.2. The van der Waals surface area contributed by atoms with Crippen molar-refractivity contribution in [3.05, 3.63) is 42.9 Å². The molecule has 5 heterocycles. The number of carbonyl (C=O) groups is 1. The van der Waals surface area contributed by atoms with Crippen LogP contribution in [0.5, 0.6) is 5.75 Å². The van der Waals surface area contributed by atoms with Crippen LogP contribution in [-0.4, -0.2) is 82.0 Å². The number of ether oxygens (including phenoxy) is 2. The van der Waals surface area contributed by atoms with Crippen LogP contribution < -0.4 is 15.4 Å². The smallest absolute Gasteiger partial charge is 0.252 e. The highest BCUT2D eigenvalue weighted by Gasteiger charge is 2.48. The second-order valence-electron chi connectivity index (χ2n) is 10.8. The first-order chi connectivity index (χ1) is 19.6. The van der Waals surface area contributed by atoms with E-state index in [0.717, 1.165) is 42.8 Å². The first-order valence-electron chi connectivity index (χ1n) is 13.9. The number of fused-ring (bicyclic) bond motifs is 2. The highest BCUT2D eigenvalue weighted by Crippen LogP contribution is 2.33. The Morgan fingerprint density at radius 1 is 1.07 bits per heavy atom. The summed E-state index contributed by atoms with van der Waals surface area (Å²) in [4.78, 5) is 30.3. The molecule has 4 aromatic heterocycles. The van der Waals surface area contributed by atoms with E-state index in [4.69, 9.17) is 9.47 Å². The lowest BCUT2D eigenvalue weighted by Gasteiger charge is -2.16. The molecule has 2 saturated carbocycles. The molecule has 13 nitrogen and oxygen atoms in total. The summed E-state index contributed by atoms with van der Waals surface area (Å²) in [5, 5.41) is 27.3. The number of pyridine rings is 1. The van der Waals surface area contributed by atoms with Crippen molar-refractivity contribution in [2.75, 3.05) is 11.9 Å². The second-order valence-corrected chi connectivity index (χ2v) is 10.8. The number of aliphatic hydroxyl groups is 2. The molecule has 4 aromatic rings. The number of hydrogen-bond donors (Lipinski definition) is 4. The normalized spacial score (nSPS) is 25.1. The van der Waals surface area contributed by atoms with Gasteiger partial charge in [-0.25, -0.2) is 19.9 Å². The summed E-state index contributed by atoms with van der Waals surface area (Å²) in [6.07, 6.45) is 9.20. The molecule has 1 saturated heterocycles. The Labute approximate surface area is 229 Å². The predicted octanol–water partition coefficient (Wildman–Crippen LogP) is 1.35. The second kappa shape index (κ2) is 10.3. The Balaban J connectivity index is 1.04. The largest absolute Gasteiger partial charge is 0.487 e. The average Bonchev–Trinajstić information content (AvgIpc) is 3.32. The molecule has 3 fully saturated rings. The number of rotatable bonds is 9. The van der Waals surface area contributed by atoms with E-state index in [1.165, 1.54) is 30.1 Å². The summed E-state index contributed by atoms with van der Waals surface area (Å²) < 4.78 is 15.6. The van der Waals surface area contributed by atoms with Gasteiger partial charge in [-0.1, -0.05) is 0 Å². The molecule has 2 aliphatic carbocycles. The van der Waals surface area contributed by atoms with Gasteiger partial charge in [0.25, 0.3) is 5.91 Å². The van der Waals surface area contributed by atoms with Gasteiger partial charge in [0.1, 0.15) is 18.5 Å². The molecule has 3 aliphatic rings. The molecule has 40 heavy (non-hydrogen) atoms. The van der Waals surface area contributed by atoms with Crippen LogP contribution >= 0.6 is 0 Å². The minimum absolute atomic E-state index is 0.114. The van der Waals surface area contributed by atoms with Crippen LogP contribution in [-0.2, 0) is 16.0 Å². The maximum atomic E-state index is 12.5. The van der Waals surface area contributed by atoms with Crippen LogP contribution in [0.15, 0.2) is 37.2 Å². The van der Waals surface area contributed by atoms with Crippen molar-refractivity contribution in [3.63, 3.8) is 0 Å². The number of aromatic nitrogens is 6. The van der Waals surface area contributed by atoms with Crippen molar-refractivity contribution >= 4 is 28.5 Å². The topological polar surface area (TPSA) is 161 Å². The monoisotopic (exact) mass is 548 g/mol. The van der Waals surface area contributed by atoms with Gasteiger partial charge in [0.05, 0.1) is 12.4 Å². The number of imidazole rings is 2. The summed E-state index contributed by atoms with van der Waals surface area (Å²) in [6, 6.07) is 4.07. The van der Waals surface area contributed by atoms with E-state index in [9.17, 15) is 15.0 Å². The summed E-state index contributed by atoms with van der Waals surface area (Å²) in [6.45, 7) is 0.561. The molecule has 13 heteroatoms. The Hall–Kier alpha value is -3.81. The van der Waals surface area contributed by atoms with Gasteiger partial charge in [-0.2, -0.15) is 0 Å². The van der Waals surface area contributed by atoms with Gasteiger partial charge < -0.3 is 34.7 Å². The van der Waals surface area contributed by atoms with E-state index in [1.807, 2.05) is 24.5 Å². The van der Waals surface area contributed by atoms with Crippen molar-refractivity contribution in [1.82, 2.24) is 34.2 Å². The summed E-state index contributed by atoms with van der Waals surface area (Å²) >= 11 is 0. The molecular formula is C27H32N8O5. The van der Waals surface area contributed by atoms with Gasteiger partial charge in [-0.3, -0.25) is 9.36 Å². The molecule has 1 aliphatic heterocycles. The van der Waals surface area contributed by atoms with Crippen molar-refractivity contribution in [2.24, 2.45) is 0 Å². The SMILES string of the molecule is O=C(NC1CC1)C1OC(n2cnc3c(NCCc4cnc5c(OC6CCCC6)cccn45)ncnc32)C(O)C1O. The van der Waals surface area contributed by atoms with Gasteiger partial charge >= 0.3 is 0 Å². The molecule has 4 unspecified atom stereocenters. The highest BCUT2D eigenvalue weighted by molar-refractivity contribution is 5.83. The van der Waals surface area contributed by atoms with E-state index in [0.29, 0.717) is 29.9 Å². The number of carbonyl (C=O) groups excluding carboxylic acids is 1. The predicted molar refractivity (Wildman–Crippen MR) is 143 cm³/mol. The van der Waals surface area contributed by atoms with Crippen molar-refractivity contribution in [3.8, 4) is 5.75 Å². The lowest BCUT2D eigenvalue weighted by atomic mass is 10.1. The number of nitrogens with zero attached hydrogens (tertiary/aromatic N) is 6. The molecular weight excluding hydrogens is 516 g/mol. The van der Waals surface area contributed by atoms with Gasteiger partial charge in [0.2, 0.25) is 0 Å². The number of amides is 1. The molecule has 210 valence electrons. The fourth-order valence-electron chi connectivity index (χ4n) is 5.59. The van der Waals surface area contributed by atoms with Gasteiger partial charge in [-0.05, 0) is 50.7 Å². The third kappa shape index (κ3) is 4.63. The quantitative estimate of drug-likeness (QED) is 0.240. The van der Waals surface area contributed by atoms with E-state index < -0.39 is 30.4 Å². The van der Waals surface area contributed by atoms with Crippen LogP contribution in [0.1, 0.15) is 50.4 Å². The number of aliphatic hydroxyl groups excluding tert-OH is 2. The molecule has 4 atom stereocenters. The molecule has 0 bridgehead atoms. The lowest BCUT2D eigenvalue weighted by molar-refractivity contribution is -0.137. The van der Waals surface area contributed by atoms with Crippen LogP contribution in [0, 0.1) is 0 Å². The molecule has 1 amide bonds. The van der Waals surface area contributed by atoms with Crippen molar-refractivity contribution in [1.29, 1.82) is 0 Å². The van der Waals surface area contributed by atoms with Crippen molar-refractivity contribution in [2.45, 2.75) is 81.6 Å². The Kier molecular flexibility index (Phi) is 6.48. The summed E-state index contributed by atoms with van der Waals surface area (Å²) in [5.41, 5.74) is 2.75. The van der Waals surface area contributed by atoms with Crippen LogP contribution in [0.2, 0.25) is 0 Å². The van der Waals surface area contributed by atoms with Gasteiger partial charge in [-0.15, -0.1) is 0 Å². The highest BCUT2D eigenvalue weighted by atomic mass is 16.6. The molecule has 4 N–H and O–H groups in total. The fraction of sp³-hybridized carbons (Fsp3) is 0.519. The molecule has 0 radical (unpaired) electrons. The first-order valence-corrected chi connectivity index (χ1v) is 13.9. The Morgan fingerprint density at radius 3 is 2.75 bits per heavy atom. The van der Waals surface area contributed by atoms with E-state index in [-0.39, 0.29) is 12.1 Å². The van der Waals surface area contributed by atoms with E-state index in [2.05, 4.69) is 35.0 Å². The fourth-order valence-corrected chi connectivity index (χ4v) is 5.59. The minimum atomic E-state index is -1.37. The van der Waals surface area contributed by atoms with E-state index in [1.54, 1.807) is 0 Å². The minimum Gasteiger partial charge on any atom is -0.487 e. The maximum absolute atomic E-state index is 12.5. The van der Waals surface area contributed by atoms with Crippen LogP contribution in [0.4, 0.5) is 5.82 Å². The number of hydrogen-bond acceptors (Lipinski definition) is 10. The third-order valence-electron chi connectivity index (χ3n) is 7.90. The first kappa shape index (κ1) is 25.2. The number of anilines is 1. The Bertz CT molecular complexity index is 1530. The van der Waals surface area contributed by atoms with Crippen LogP contribution in [0.25, 0.3) is 16.8 Å². The maximum Gasteiger partial charge on any atom is 0.252 e. The number of nitrogens with one attached hydrogen (secondary N) is 2. The zero-order valence-electron chi connectivity index (χ0n) is 21.9.